The maximum Gasteiger partial charge on any atom is 0.320 e. The Morgan fingerprint density at radius 2 is 2.04 bits per heavy atom. The van der Waals surface area contributed by atoms with E-state index in [9.17, 15) is 18.0 Å². The molecule has 0 saturated carbocycles. The first-order chi connectivity index (χ1) is 12.8. The fourth-order valence-corrected chi connectivity index (χ4v) is 3.32. The molecule has 0 spiro atoms. The molecule has 1 heterocycles. The van der Waals surface area contributed by atoms with E-state index in [1.165, 1.54) is 18.2 Å². The van der Waals surface area contributed by atoms with Gasteiger partial charge in [0, 0.05) is 24.5 Å². The Morgan fingerprint density at radius 3 is 2.61 bits per heavy atom. The number of amides is 1. The molecule has 154 valence electrons. The van der Waals surface area contributed by atoms with Gasteiger partial charge >= 0.3 is 5.97 Å². The van der Waals surface area contributed by atoms with Gasteiger partial charge < -0.3 is 15.4 Å². The number of methoxy groups -OCH3 is 1. The van der Waals surface area contributed by atoms with Crippen molar-refractivity contribution in [3.8, 4) is 0 Å². The van der Waals surface area contributed by atoms with Crippen LogP contribution in [0.4, 0.5) is 5.69 Å². The number of carbonyl (C=O) groups is 2. The van der Waals surface area contributed by atoms with E-state index >= 15 is 0 Å². The van der Waals surface area contributed by atoms with Crippen LogP contribution in [-0.4, -0.2) is 50.8 Å². The van der Waals surface area contributed by atoms with Crippen molar-refractivity contribution in [2.45, 2.75) is 10.9 Å². The molecule has 3 N–H and O–H groups in total. The van der Waals surface area contributed by atoms with Crippen molar-refractivity contribution in [3.05, 3.63) is 42.2 Å². The third-order valence-electron chi connectivity index (χ3n) is 3.66. The largest absolute Gasteiger partial charge is 0.468 e. The number of halogens is 1. The number of anilines is 1. The van der Waals surface area contributed by atoms with Crippen molar-refractivity contribution >= 4 is 40.0 Å². The quantitative estimate of drug-likeness (QED) is 0.508. The molecule has 1 aromatic heterocycles. The first-order valence-electron chi connectivity index (χ1n) is 7.90. The van der Waals surface area contributed by atoms with Crippen LogP contribution in [-0.2, 0) is 31.4 Å². The predicted octanol–water partition coefficient (Wildman–Crippen LogP) is 0.192. The van der Waals surface area contributed by atoms with Crippen molar-refractivity contribution in [1.82, 2.24) is 19.8 Å². The highest BCUT2D eigenvalue weighted by molar-refractivity contribution is 7.89. The van der Waals surface area contributed by atoms with Gasteiger partial charge in [0.1, 0.15) is 12.6 Å². The second-order valence-corrected chi connectivity index (χ2v) is 7.35. The number of sulfonamides is 1. The van der Waals surface area contributed by atoms with Gasteiger partial charge in [0.15, 0.2) is 0 Å². The fourth-order valence-electron chi connectivity index (χ4n) is 2.30. The molecular weight excluding hydrogens is 410 g/mol. The molecule has 1 unspecified atom stereocenters. The third-order valence-corrected chi connectivity index (χ3v) is 5.05. The third kappa shape index (κ3) is 6.02. The fraction of sp³-hybridized carbons (Fsp3) is 0.312. The molecule has 2 rings (SSSR count). The van der Waals surface area contributed by atoms with Crippen LogP contribution in [0.3, 0.4) is 0 Å². The Morgan fingerprint density at radius 1 is 1.32 bits per heavy atom. The number of hydrogen-bond acceptors (Lipinski definition) is 7. The molecule has 0 saturated heterocycles. The van der Waals surface area contributed by atoms with E-state index < -0.39 is 28.6 Å². The van der Waals surface area contributed by atoms with Gasteiger partial charge in [-0.2, -0.15) is 9.82 Å². The molecule has 0 bridgehead atoms. The molecule has 1 aromatic carbocycles. The topological polar surface area (TPSA) is 131 Å². The van der Waals surface area contributed by atoms with Crippen LogP contribution in [0, 0.1) is 0 Å². The standard InChI is InChI=1S/C16H21N5O5S.ClH/c1-17-15(11-8-18-21(2)10-11)16(23)20-12-5-4-6-13(7-12)27(24,25)19-9-14(22)26-3;/h4-8,10,15,17,19H,9H2,1-3H3,(H,20,23);1H. The Bertz CT molecular complexity index is 931. The highest BCUT2D eigenvalue weighted by atomic mass is 35.5. The summed E-state index contributed by atoms with van der Waals surface area (Å²) in [6.07, 6.45) is 3.27. The van der Waals surface area contributed by atoms with Gasteiger partial charge in [-0.3, -0.25) is 14.3 Å². The molecule has 28 heavy (non-hydrogen) atoms. The Kier molecular flexibility index (Phi) is 8.57. The van der Waals surface area contributed by atoms with Crippen LogP contribution in [0.2, 0.25) is 0 Å². The molecule has 1 amide bonds. The summed E-state index contributed by atoms with van der Waals surface area (Å²) < 4.78 is 32.6. The lowest BCUT2D eigenvalue weighted by atomic mass is 10.1. The summed E-state index contributed by atoms with van der Waals surface area (Å²) >= 11 is 0. The van der Waals surface area contributed by atoms with E-state index in [2.05, 4.69) is 25.2 Å². The first kappa shape index (κ1) is 23.6. The number of nitrogens with zero attached hydrogens (tertiary/aromatic N) is 2. The number of benzene rings is 1. The summed E-state index contributed by atoms with van der Waals surface area (Å²) in [7, 11) is 0.604. The highest BCUT2D eigenvalue weighted by Crippen LogP contribution is 2.18. The molecular formula is C16H22ClN5O5S. The molecule has 1 atom stereocenters. The number of rotatable bonds is 8. The van der Waals surface area contributed by atoms with Crippen molar-refractivity contribution in [2.75, 3.05) is 26.0 Å². The monoisotopic (exact) mass is 431 g/mol. The summed E-state index contributed by atoms with van der Waals surface area (Å²) in [5.74, 6) is -1.08. The first-order valence-corrected chi connectivity index (χ1v) is 9.38. The van der Waals surface area contributed by atoms with Crippen molar-refractivity contribution in [3.63, 3.8) is 0 Å². The SMILES string of the molecule is CNC(C(=O)Nc1cccc(S(=O)(=O)NCC(=O)OC)c1)c1cnn(C)c1.Cl. The zero-order valence-corrected chi connectivity index (χ0v) is 17.1. The van der Waals surface area contributed by atoms with E-state index in [1.54, 1.807) is 37.2 Å². The Hall–Kier alpha value is -2.47. The lowest BCUT2D eigenvalue weighted by Crippen LogP contribution is -2.31. The molecule has 10 nitrogen and oxygen atoms in total. The minimum Gasteiger partial charge on any atom is -0.468 e. The highest BCUT2D eigenvalue weighted by Gasteiger charge is 2.21. The smallest absolute Gasteiger partial charge is 0.320 e. The predicted molar refractivity (Wildman–Crippen MR) is 105 cm³/mol. The second-order valence-electron chi connectivity index (χ2n) is 5.59. The lowest BCUT2D eigenvalue weighted by Gasteiger charge is -2.15. The Balaban J connectivity index is 0.00000392. The summed E-state index contributed by atoms with van der Waals surface area (Å²) in [6, 6.07) is 5.05. The average Bonchev–Trinajstić information content (AvgIpc) is 3.06. The van der Waals surface area contributed by atoms with E-state index in [0.717, 1.165) is 7.11 Å². The average molecular weight is 432 g/mol. The van der Waals surface area contributed by atoms with Gasteiger partial charge in [0.2, 0.25) is 15.9 Å². The number of ether oxygens (including phenoxy) is 1. The minimum atomic E-state index is -3.93. The summed E-state index contributed by atoms with van der Waals surface area (Å²) in [4.78, 5) is 23.6. The van der Waals surface area contributed by atoms with E-state index in [1.807, 2.05) is 0 Å². The van der Waals surface area contributed by atoms with E-state index in [-0.39, 0.29) is 23.2 Å². The minimum absolute atomic E-state index is 0. The summed E-state index contributed by atoms with van der Waals surface area (Å²) in [6.45, 7) is -0.488. The maximum absolute atomic E-state index is 12.5. The molecule has 0 radical (unpaired) electrons. The van der Waals surface area contributed by atoms with Gasteiger partial charge in [-0.1, -0.05) is 6.07 Å². The van der Waals surface area contributed by atoms with Gasteiger partial charge in [-0.05, 0) is 25.2 Å². The maximum atomic E-state index is 12.5. The van der Waals surface area contributed by atoms with Gasteiger partial charge in [0.25, 0.3) is 0 Å². The number of hydrogen-bond donors (Lipinski definition) is 3. The van der Waals surface area contributed by atoms with Crippen LogP contribution in [0.15, 0.2) is 41.6 Å². The Labute approximate surface area is 169 Å². The second kappa shape index (κ2) is 10.2. The molecule has 0 aliphatic carbocycles. The number of likely N-dealkylation sites (N-methyl/N-ethyl adjacent to an activating group) is 1. The molecule has 0 fully saturated rings. The normalized spacial score (nSPS) is 12.0. The van der Waals surface area contributed by atoms with E-state index in [4.69, 9.17) is 0 Å². The van der Waals surface area contributed by atoms with Crippen LogP contribution in [0.1, 0.15) is 11.6 Å². The molecule has 12 heteroatoms. The number of carbonyl (C=O) groups excluding carboxylic acids is 2. The molecule has 2 aromatic rings. The van der Waals surface area contributed by atoms with Crippen molar-refractivity contribution in [2.24, 2.45) is 7.05 Å². The van der Waals surface area contributed by atoms with Gasteiger partial charge in [0.05, 0.1) is 18.2 Å². The molecule has 0 aliphatic rings. The number of aromatic nitrogens is 2. The summed E-state index contributed by atoms with van der Waals surface area (Å²) in [5.41, 5.74) is 0.964. The van der Waals surface area contributed by atoms with Crippen LogP contribution < -0.4 is 15.4 Å². The van der Waals surface area contributed by atoms with Gasteiger partial charge in [-0.25, -0.2) is 8.42 Å². The zero-order valence-electron chi connectivity index (χ0n) is 15.5. The van der Waals surface area contributed by atoms with Gasteiger partial charge in [-0.15, -0.1) is 12.4 Å². The van der Waals surface area contributed by atoms with Crippen LogP contribution in [0.25, 0.3) is 0 Å². The van der Waals surface area contributed by atoms with E-state index in [0.29, 0.717) is 11.3 Å². The van der Waals surface area contributed by atoms with Crippen LogP contribution in [0.5, 0.6) is 0 Å². The summed E-state index contributed by atoms with van der Waals surface area (Å²) in [5, 5.41) is 9.59. The van der Waals surface area contributed by atoms with Crippen LogP contribution >= 0.6 is 12.4 Å². The lowest BCUT2D eigenvalue weighted by molar-refractivity contribution is -0.139. The molecule has 0 aliphatic heterocycles. The number of nitrogens with one attached hydrogen (secondary N) is 3. The number of aryl methyl sites for hydroxylation is 1. The van der Waals surface area contributed by atoms with Crippen molar-refractivity contribution < 1.29 is 22.7 Å². The van der Waals surface area contributed by atoms with Crippen molar-refractivity contribution in [1.29, 1.82) is 0 Å². The zero-order chi connectivity index (χ0) is 20.0. The number of esters is 1.